The van der Waals surface area contributed by atoms with E-state index in [1.807, 2.05) is 30.5 Å². The lowest BCUT2D eigenvalue weighted by atomic mass is 10.0. The molecule has 26 heavy (non-hydrogen) atoms. The number of amides is 1. The fourth-order valence-electron chi connectivity index (χ4n) is 3.48. The number of nitrogens with one attached hydrogen (secondary N) is 1. The maximum absolute atomic E-state index is 12.5. The van der Waals surface area contributed by atoms with Gasteiger partial charge in [-0.05, 0) is 44.4 Å². The van der Waals surface area contributed by atoms with Crippen LogP contribution in [0.2, 0.25) is 0 Å². The molecule has 1 N–H and O–H groups in total. The number of furan rings is 1. The van der Waals surface area contributed by atoms with E-state index in [-0.39, 0.29) is 5.91 Å². The van der Waals surface area contributed by atoms with Crippen molar-refractivity contribution in [2.24, 2.45) is 0 Å². The number of nitrogens with zero attached hydrogens (tertiary/aromatic N) is 2. The average molecular weight is 372 g/mol. The van der Waals surface area contributed by atoms with Gasteiger partial charge in [0.1, 0.15) is 17.6 Å². The van der Waals surface area contributed by atoms with Crippen LogP contribution in [0.4, 0.5) is 5.82 Å². The lowest BCUT2D eigenvalue weighted by Gasteiger charge is -2.20. The Morgan fingerprint density at radius 3 is 2.81 bits per heavy atom. The van der Waals surface area contributed by atoms with Crippen molar-refractivity contribution < 1.29 is 9.21 Å². The molecule has 0 aromatic carbocycles. The zero-order chi connectivity index (χ0) is 18.5. The predicted octanol–water partition coefficient (Wildman–Crippen LogP) is 4.62. The molecule has 0 radical (unpaired) electrons. The second-order valence-corrected chi connectivity index (χ2v) is 8.12. The van der Waals surface area contributed by atoms with Gasteiger partial charge >= 0.3 is 0 Å². The quantitative estimate of drug-likeness (QED) is 0.804. The van der Waals surface area contributed by atoms with E-state index < -0.39 is 0 Å². The molecule has 0 bridgehead atoms. The van der Waals surface area contributed by atoms with Gasteiger partial charge in [0.15, 0.2) is 0 Å². The molecule has 0 spiro atoms. The van der Waals surface area contributed by atoms with Crippen molar-refractivity contribution in [3.63, 3.8) is 0 Å². The molecule has 1 saturated carbocycles. The highest BCUT2D eigenvalue weighted by atomic mass is 32.2. The molecule has 2 aromatic heterocycles. The fraction of sp³-hybridized carbons (Fsp3) is 0.500. The first-order valence-electron chi connectivity index (χ1n) is 9.13. The highest BCUT2D eigenvalue weighted by Gasteiger charge is 2.21. The Morgan fingerprint density at radius 2 is 2.15 bits per heavy atom. The zero-order valence-electron chi connectivity index (χ0n) is 15.4. The molecule has 3 rings (SSSR count). The van der Waals surface area contributed by atoms with Gasteiger partial charge in [-0.15, -0.1) is 11.8 Å². The Balaban J connectivity index is 1.73. The van der Waals surface area contributed by atoms with Gasteiger partial charge in [-0.3, -0.25) is 4.79 Å². The van der Waals surface area contributed by atoms with Crippen molar-refractivity contribution in [1.29, 1.82) is 5.26 Å². The van der Waals surface area contributed by atoms with Gasteiger partial charge in [-0.25, -0.2) is 0 Å². The number of hydrogen-bond acceptors (Lipinski definition) is 4. The maximum Gasteiger partial charge on any atom is 0.235 e. The fourth-order valence-corrected chi connectivity index (χ4v) is 4.61. The first-order chi connectivity index (χ1) is 12.6. The second-order valence-electron chi connectivity index (χ2n) is 6.83. The van der Waals surface area contributed by atoms with E-state index in [2.05, 4.69) is 11.4 Å². The third kappa shape index (κ3) is 4.16. The van der Waals surface area contributed by atoms with E-state index in [0.29, 0.717) is 28.9 Å². The standard InChI is InChI=1S/C20H25N3O2S/c1-14-15(2)23(12-16-7-6-10-25-16)20(18(14)11-21)22-19(24)13-26-17-8-4-3-5-9-17/h6-7,10,17H,3-5,8-9,12-13H2,1-2H3,(H,22,24). The molecular formula is C20H25N3O2S. The predicted molar refractivity (Wildman–Crippen MR) is 104 cm³/mol. The summed E-state index contributed by atoms with van der Waals surface area (Å²) in [6, 6.07) is 5.98. The van der Waals surface area contributed by atoms with E-state index in [9.17, 15) is 10.1 Å². The van der Waals surface area contributed by atoms with Crippen molar-refractivity contribution in [3.05, 3.63) is 41.0 Å². The summed E-state index contributed by atoms with van der Waals surface area (Å²) < 4.78 is 7.40. The van der Waals surface area contributed by atoms with Crippen molar-refractivity contribution in [3.8, 4) is 6.07 Å². The largest absolute Gasteiger partial charge is 0.467 e. The van der Waals surface area contributed by atoms with Gasteiger partial charge in [0.25, 0.3) is 0 Å². The number of carbonyl (C=O) groups is 1. The molecule has 1 aliphatic carbocycles. The molecule has 5 nitrogen and oxygen atoms in total. The number of aromatic nitrogens is 1. The summed E-state index contributed by atoms with van der Waals surface area (Å²) in [6.07, 6.45) is 7.88. The topological polar surface area (TPSA) is 71.0 Å². The number of thioether (sulfide) groups is 1. The van der Waals surface area contributed by atoms with Gasteiger partial charge in [0.2, 0.25) is 5.91 Å². The first-order valence-corrected chi connectivity index (χ1v) is 10.2. The highest BCUT2D eigenvalue weighted by molar-refractivity contribution is 8.00. The lowest BCUT2D eigenvalue weighted by molar-refractivity contribution is -0.113. The molecule has 0 atom stereocenters. The summed E-state index contributed by atoms with van der Waals surface area (Å²) in [5.41, 5.74) is 2.40. The molecule has 1 fully saturated rings. The van der Waals surface area contributed by atoms with E-state index in [1.54, 1.807) is 18.0 Å². The molecule has 0 unspecified atom stereocenters. The minimum Gasteiger partial charge on any atom is -0.467 e. The Bertz CT molecular complexity index is 796. The monoisotopic (exact) mass is 371 g/mol. The summed E-state index contributed by atoms with van der Waals surface area (Å²) in [7, 11) is 0. The Hall–Kier alpha value is -2.13. The van der Waals surface area contributed by atoms with Gasteiger partial charge in [0, 0.05) is 10.9 Å². The molecule has 0 saturated heterocycles. The van der Waals surface area contributed by atoms with Crippen LogP contribution in [0, 0.1) is 25.2 Å². The molecule has 138 valence electrons. The SMILES string of the molecule is Cc1c(C#N)c(NC(=O)CSC2CCCCC2)n(Cc2ccco2)c1C. The molecule has 0 aliphatic heterocycles. The number of hydrogen-bond donors (Lipinski definition) is 1. The smallest absolute Gasteiger partial charge is 0.235 e. The van der Waals surface area contributed by atoms with Crippen LogP contribution in [-0.4, -0.2) is 21.5 Å². The van der Waals surface area contributed by atoms with Crippen LogP contribution in [0.15, 0.2) is 22.8 Å². The minimum atomic E-state index is -0.0460. The maximum atomic E-state index is 12.5. The summed E-state index contributed by atoms with van der Waals surface area (Å²) in [5.74, 6) is 1.75. The molecule has 6 heteroatoms. The Labute approximate surface area is 158 Å². The van der Waals surface area contributed by atoms with Crippen LogP contribution < -0.4 is 5.32 Å². The van der Waals surface area contributed by atoms with Gasteiger partial charge in [0.05, 0.1) is 24.1 Å². The van der Waals surface area contributed by atoms with Crippen LogP contribution in [0.1, 0.15) is 54.7 Å². The van der Waals surface area contributed by atoms with Crippen molar-refractivity contribution in [2.75, 3.05) is 11.1 Å². The van der Waals surface area contributed by atoms with Crippen LogP contribution in [-0.2, 0) is 11.3 Å². The van der Waals surface area contributed by atoms with Crippen LogP contribution in [0.25, 0.3) is 0 Å². The molecule has 1 amide bonds. The average Bonchev–Trinajstić information content (AvgIpc) is 3.24. The number of anilines is 1. The lowest BCUT2D eigenvalue weighted by Crippen LogP contribution is -2.20. The molecule has 1 aliphatic rings. The van der Waals surface area contributed by atoms with Crippen LogP contribution in [0.5, 0.6) is 0 Å². The highest BCUT2D eigenvalue weighted by Crippen LogP contribution is 2.30. The normalized spacial score (nSPS) is 15.0. The van der Waals surface area contributed by atoms with Gasteiger partial charge in [-0.1, -0.05) is 19.3 Å². The Kier molecular flexibility index (Phi) is 6.10. The minimum absolute atomic E-state index is 0.0460. The van der Waals surface area contributed by atoms with Crippen molar-refractivity contribution in [1.82, 2.24) is 4.57 Å². The third-order valence-electron chi connectivity index (χ3n) is 5.10. The first kappa shape index (κ1) is 18.7. The number of carbonyl (C=O) groups excluding carboxylic acids is 1. The summed E-state index contributed by atoms with van der Waals surface area (Å²) in [4.78, 5) is 12.5. The zero-order valence-corrected chi connectivity index (χ0v) is 16.2. The Morgan fingerprint density at radius 1 is 1.38 bits per heavy atom. The van der Waals surface area contributed by atoms with Gasteiger partial charge < -0.3 is 14.3 Å². The second kappa shape index (κ2) is 8.50. The number of rotatable bonds is 6. The third-order valence-corrected chi connectivity index (χ3v) is 6.47. The van der Waals surface area contributed by atoms with Crippen LogP contribution >= 0.6 is 11.8 Å². The summed E-state index contributed by atoms with van der Waals surface area (Å²) in [5, 5.41) is 13.1. The van der Waals surface area contributed by atoms with Crippen molar-refractivity contribution >= 4 is 23.5 Å². The molecule has 2 heterocycles. The van der Waals surface area contributed by atoms with Gasteiger partial charge in [-0.2, -0.15) is 5.26 Å². The van der Waals surface area contributed by atoms with E-state index >= 15 is 0 Å². The molecule has 2 aromatic rings. The van der Waals surface area contributed by atoms with E-state index in [1.165, 1.54) is 32.1 Å². The summed E-state index contributed by atoms with van der Waals surface area (Å²) >= 11 is 1.74. The molecular weight excluding hydrogens is 346 g/mol. The summed E-state index contributed by atoms with van der Waals surface area (Å²) in [6.45, 7) is 4.37. The van der Waals surface area contributed by atoms with Crippen molar-refractivity contribution in [2.45, 2.75) is 57.7 Å². The van der Waals surface area contributed by atoms with Crippen LogP contribution in [0.3, 0.4) is 0 Å². The van der Waals surface area contributed by atoms with E-state index in [0.717, 1.165) is 17.0 Å². The van der Waals surface area contributed by atoms with E-state index in [4.69, 9.17) is 4.42 Å². The number of nitriles is 1.